The van der Waals surface area contributed by atoms with E-state index in [9.17, 15) is 14.7 Å². The number of halogens is 1. The van der Waals surface area contributed by atoms with E-state index >= 15 is 0 Å². The Balaban J connectivity index is 1.80. The van der Waals surface area contributed by atoms with E-state index < -0.39 is 11.4 Å². The highest BCUT2D eigenvalue weighted by atomic mass is 35.5. The lowest BCUT2D eigenvalue weighted by Crippen LogP contribution is -2.40. The minimum absolute atomic E-state index is 0.0699. The maximum atomic E-state index is 12.7. The van der Waals surface area contributed by atoms with Crippen LogP contribution in [0.5, 0.6) is 0 Å². The lowest BCUT2D eigenvalue weighted by Gasteiger charge is -2.28. The molecule has 7 heteroatoms. The highest BCUT2D eigenvalue weighted by Crippen LogP contribution is 2.38. The highest BCUT2D eigenvalue weighted by molar-refractivity contribution is 6.30. The Bertz CT molecular complexity index is 817. The fraction of sp³-hybridized carbons (Fsp3) is 0.389. The van der Waals surface area contributed by atoms with Crippen molar-refractivity contribution >= 4 is 23.5 Å². The Hall–Kier alpha value is -2.34. The molecule has 2 heterocycles. The van der Waals surface area contributed by atoms with E-state index in [0.29, 0.717) is 23.7 Å². The van der Waals surface area contributed by atoms with Crippen molar-refractivity contribution in [2.75, 3.05) is 13.1 Å². The Morgan fingerprint density at radius 3 is 2.72 bits per heavy atom. The van der Waals surface area contributed by atoms with Crippen LogP contribution in [0.25, 0.3) is 11.3 Å². The third-order valence-electron chi connectivity index (χ3n) is 4.96. The van der Waals surface area contributed by atoms with Crippen molar-refractivity contribution in [1.82, 2.24) is 10.1 Å². The molecule has 1 amide bonds. The van der Waals surface area contributed by atoms with Gasteiger partial charge in [0.1, 0.15) is 5.69 Å². The van der Waals surface area contributed by atoms with Crippen molar-refractivity contribution in [3.8, 4) is 11.3 Å². The Morgan fingerprint density at radius 1 is 1.36 bits per heavy atom. The fourth-order valence-electron chi connectivity index (χ4n) is 3.21. The molecular formula is C18H19ClN2O4. The molecule has 0 bridgehead atoms. The number of aromatic nitrogens is 1. The second-order valence-electron chi connectivity index (χ2n) is 6.68. The van der Waals surface area contributed by atoms with E-state index in [1.54, 1.807) is 24.3 Å². The molecule has 1 aromatic heterocycles. The monoisotopic (exact) mass is 362 g/mol. The van der Waals surface area contributed by atoms with Gasteiger partial charge >= 0.3 is 5.97 Å². The number of carbonyl (C=O) groups is 2. The topological polar surface area (TPSA) is 83.6 Å². The van der Waals surface area contributed by atoms with Gasteiger partial charge in [0.15, 0.2) is 0 Å². The van der Waals surface area contributed by atoms with E-state index in [4.69, 9.17) is 16.1 Å². The number of carboxylic acid groups (broad SMARTS) is 1. The first-order chi connectivity index (χ1) is 11.8. The number of amides is 1. The third-order valence-corrected chi connectivity index (χ3v) is 5.20. The number of nitrogens with zero attached hydrogens (tertiary/aromatic N) is 2. The number of carbonyl (C=O) groups excluding carboxylic acids is 1. The second kappa shape index (κ2) is 6.52. The maximum absolute atomic E-state index is 12.7. The van der Waals surface area contributed by atoms with Crippen LogP contribution in [-0.2, 0) is 4.79 Å². The van der Waals surface area contributed by atoms with Crippen LogP contribution in [0, 0.1) is 11.3 Å². The Labute approximate surface area is 150 Å². The van der Waals surface area contributed by atoms with Crippen LogP contribution >= 0.6 is 11.6 Å². The molecule has 2 aromatic rings. The van der Waals surface area contributed by atoms with Crippen LogP contribution in [0.1, 0.15) is 30.8 Å². The van der Waals surface area contributed by atoms with Crippen molar-refractivity contribution in [2.45, 2.75) is 20.3 Å². The smallest absolute Gasteiger partial charge is 0.311 e. The quantitative estimate of drug-likeness (QED) is 0.898. The summed E-state index contributed by atoms with van der Waals surface area (Å²) in [7, 11) is 0. The first-order valence-electron chi connectivity index (χ1n) is 8.09. The lowest BCUT2D eigenvalue weighted by atomic mass is 9.76. The average molecular weight is 363 g/mol. The van der Waals surface area contributed by atoms with E-state index in [0.717, 1.165) is 5.56 Å². The molecule has 132 valence electrons. The minimum atomic E-state index is -0.911. The van der Waals surface area contributed by atoms with Gasteiger partial charge < -0.3 is 14.5 Å². The van der Waals surface area contributed by atoms with Crippen LogP contribution in [-0.4, -0.2) is 40.1 Å². The van der Waals surface area contributed by atoms with Crippen molar-refractivity contribution in [3.63, 3.8) is 0 Å². The number of aliphatic carboxylic acids is 1. The summed E-state index contributed by atoms with van der Waals surface area (Å²) in [5, 5.41) is 14.1. The number of benzene rings is 1. The summed E-state index contributed by atoms with van der Waals surface area (Å²) in [5.74, 6) is -1.18. The third kappa shape index (κ3) is 3.14. The molecule has 1 atom stereocenters. The van der Waals surface area contributed by atoms with Gasteiger partial charge in [-0.1, -0.05) is 42.7 Å². The molecule has 0 aliphatic carbocycles. The van der Waals surface area contributed by atoms with E-state index in [-0.39, 0.29) is 24.1 Å². The van der Waals surface area contributed by atoms with E-state index in [1.165, 1.54) is 4.90 Å². The van der Waals surface area contributed by atoms with Crippen LogP contribution in [0.15, 0.2) is 34.9 Å². The van der Waals surface area contributed by atoms with E-state index in [1.807, 2.05) is 19.9 Å². The molecule has 6 nitrogen and oxygen atoms in total. The lowest BCUT2D eigenvalue weighted by molar-refractivity contribution is -0.150. The molecule has 1 aromatic carbocycles. The van der Waals surface area contributed by atoms with Crippen molar-refractivity contribution in [1.29, 1.82) is 0 Å². The maximum Gasteiger partial charge on any atom is 0.311 e. The first kappa shape index (κ1) is 17.5. The zero-order valence-electron chi connectivity index (χ0n) is 14.0. The number of hydrogen-bond donors (Lipinski definition) is 1. The summed E-state index contributed by atoms with van der Waals surface area (Å²) < 4.78 is 5.19. The molecule has 3 rings (SSSR count). The molecule has 25 heavy (non-hydrogen) atoms. The van der Waals surface area contributed by atoms with Crippen LogP contribution < -0.4 is 0 Å². The minimum Gasteiger partial charge on any atom is -0.481 e. The molecule has 0 spiro atoms. The Kier molecular flexibility index (Phi) is 4.56. The van der Waals surface area contributed by atoms with Crippen molar-refractivity contribution in [2.24, 2.45) is 11.3 Å². The van der Waals surface area contributed by atoms with Gasteiger partial charge in [0.05, 0.1) is 5.41 Å². The summed E-state index contributed by atoms with van der Waals surface area (Å²) >= 11 is 5.97. The SMILES string of the molecule is CC(C)C1(C(=O)O)CCN(C(=O)c2cc(-c3cccc(Cl)c3)no2)C1. The predicted octanol–water partition coefficient (Wildman–Crippen LogP) is 3.57. The molecule has 0 radical (unpaired) electrons. The van der Waals surface area contributed by atoms with Crippen LogP contribution in [0.3, 0.4) is 0 Å². The summed E-state index contributed by atoms with van der Waals surface area (Å²) in [6.45, 7) is 4.30. The van der Waals surface area contributed by atoms with Gasteiger partial charge in [0.2, 0.25) is 5.76 Å². The van der Waals surface area contributed by atoms with Gasteiger partial charge in [-0.2, -0.15) is 0 Å². The number of carboxylic acids is 1. The number of likely N-dealkylation sites (tertiary alicyclic amines) is 1. The molecule has 1 saturated heterocycles. The standard InChI is InChI=1S/C18H19ClN2O4/c1-11(2)18(17(23)24)6-7-21(10-18)16(22)15-9-14(20-25-15)12-4-3-5-13(19)8-12/h3-5,8-9,11H,6-7,10H2,1-2H3,(H,23,24). The summed E-state index contributed by atoms with van der Waals surface area (Å²) in [5.41, 5.74) is 0.350. The highest BCUT2D eigenvalue weighted by Gasteiger charge is 2.49. The van der Waals surface area contributed by atoms with Gasteiger partial charge in [0, 0.05) is 29.7 Å². The molecule has 1 aliphatic rings. The number of hydrogen-bond acceptors (Lipinski definition) is 4. The molecule has 1 fully saturated rings. The molecule has 1 unspecified atom stereocenters. The van der Waals surface area contributed by atoms with Gasteiger partial charge in [-0.3, -0.25) is 9.59 Å². The summed E-state index contributed by atoms with van der Waals surface area (Å²) in [4.78, 5) is 25.9. The van der Waals surface area contributed by atoms with Crippen molar-refractivity contribution < 1.29 is 19.2 Å². The number of rotatable bonds is 4. The van der Waals surface area contributed by atoms with Gasteiger partial charge in [-0.15, -0.1) is 0 Å². The van der Waals surface area contributed by atoms with Crippen molar-refractivity contribution in [3.05, 3.63) is 41.1 Å². The molecule has 1 aliphatic heterocycles. The second-order valence-corrected chi connectivity index (χ2v) is 7.12. The van der Waals surface area contributed by atoms with Crippen LogP contribution in [0.2, 0.25) is 5.02 Å². The van der Waals surface area contributed by atoms with Gasteiger partial charge in [-0.25, -0.2) is 0 Å². The molecule has 1 N–H and O–H groups in total. The summed E-state index contributed by atoms with van der Waals surface area (Å²) in [6, 6.07) is 8.65. The van der Waals surface area contributed by atoms with Crippen LogP contribution in [0.4, 0.5) is 0 Å². The fourth-order valence-corrected chi connectivity index (χ4v) is 3.41. The predicted molar refractivity (Wildman–Crippen MR) is 92.4 cm³/mol. The zero-order valence-corrected chi connectivity index (χ0v) is 14.8. The van der Waals surface area contributed by atoms with E-state index in [2.05, 4.69) is 5.16 Å². The average Bonchev–Trinajstić information content (AvgIpc) is 3.22. The van der Waals surface area contributed by atoms with Gasteiger partial charge in [0.25, 0.3) is 5.91 Å². The van der Waals surface area contributed by atoms with Gasteiger partial charge in [-0.05, 0) is 24.5 Å². The normalized spacial score (nSPS) is 20.2. The molecule has 0 saturated carbocycles. The first-order valence-corrected chi connectivity index (χ1v) is 8.46. The Morgan fingerprint density at radius 2 is 2.12 bits per heavy atom. The zero-order chi connectivity index (χ0) is 18.2. The molecular weight excluding hydrogens is 344 g/mol. The largest absolute Gasteiger partial charge is 0.481 e. The summed E-state index contributed by atoms with van der Waals surface area (Å²) in [6.07, 6.45) is 0.432.